The van der Waals surface area contributed by atoms with Crippen LogP contribution < -0.4 is 5.32 Å². The summed E-state index contributed by atoms with van der Waals surface area (Å²) >= 11 is 0. The SMILES string of the molecule is COC(=O)c1ccc(C(F)(F)F)c(N[C@@H](C)C2CC(N(C)C(=O)OC(C)(C)C)C2)c1. The Balaban J connectivity index is 2.06. The summed E-state index contributed by atoms with van der Waals surface area (Å²) in [5.41, 5.74) is -1.57. The third kappa shape index (κ3) is 5.79. The van der Waals surface area contributed by atoms with Gasteiger partial charge in [0.2, 0.25) is 0 Å². The Morgan fingerprint density at radius 2 is 1.80 bits per heavy atom. The fourth-order valence-corrected chi connectivity index (χ4v) is 3.36. The van der Waals surface area contributed by atoms with E-state index in [1.807, 2.05) is 0 Å². The van der Waals surface area contributed by atoms with E-state index in [0.29, 0.717) is 12.8 Å². The van der Waals surface area contributed by atoms with Crippen molar-refractivity contribution >= 4 is 17.7 Å². The molecule has 1 N–H and O–H groups in total. The van der Waals surface area contributed by atoms with E-state index < -0.39 is 29.4 Å². The maximum absolute atomic E-state index is 13.4. The third-order valence-electron chi connectivity index (χ3n) is 5.22. The minimum absolute atomic E-state index is 0.0300. The van der Waals surface area contributed by atoms with Crippen molar-refractivity contribution in [3.8, 4) is 0 Å². The van der Waals surface area contributed by atoms with Crippen LogP contribution in [0.25, 0.3) is 0 Å². The number of anilines is 1. The Morgan fingerprint density at radius 3 is 2.30 bits per heavy atom. The minimum Gasteiger partial charge on any atom is -0.465 e. The van der Waals surface area contributed by atoms with Crippen molar-refractivity contribution < 1.29 is 32.2 Å². The molecule has 6 nitrogen and oxygen atoms in total. The highest BCUT2D eigenvalue weighted by Crippen LogP contribution is 2.39. The van der Waals surface area contributed by atoms with Gasteiger partial charge >= 0.3 is 18.2 Å². The van der Waals surface area contributed by atoms with Crippen molar-refractivity contribution in [3.05, 3.63) is 29.3 Å². The maximum atomic E-state index is 13.4. The molecule has 1 aromatic carbocycles. The van der Waals surface area contributed by atoms with Gasteiger partial charge in [-0.1, -0.05) is 0 Å². The molecule has 0 bridgehead atoms. The van der Waals surface area contributed by atoms with Crippen molar-refractivity contribution in [2.45, 2.75) is 64.4 Å². The Kier molecular flexibility index (Phi) is 6.94. The first-order chi connectivity index (χ1) is 13.7. The molecule has 1 saturated carbocycles. The lowest BCUT2D eigenvalue weighted by atomic mass is 9.75. The molecule has 1 aliphatic carbocycles. The van der Waals surface area contributed by atoms with Crippen LogP contribution in [0.5, 0.6) is 0 Å². The zero-order chi connectivity index (χ0) is 22.9. The molecule has 0 unspecified atom stereocenters. The van der Waals surface area contributed by atoms with E-state index in [-0.39, 0.29) is 29.3 Å². The number of ether oxygens (including phenoxy) is 2. The number of hydrogen-bond acceptors (Lipinski definition) is 5. The predicted octanol–water partition coefficient (Wildman–Crippen LogP) is 4.94. The van der Waals surface area contributed by atoms with Crippen molar-refractivity contribution in [3.63, 3.8) is 0 Å². The number of nitrogens with zero attached hydrogens (tertiary/aromatic N) is 1. The molecule has 2 rings (SSSR count). The number of alkyl halides is 3. The molecule has 0 radical (unpaired) electrons. The molecular formula is C21H29F3N2O4. The Hall–Kier alpha value is -2.45. The number of rotatable bonds is 5. The average Bonchev–Trinajstić information content (AvgIpc) is 2.57. The number of esters is 1. The highest BCUT2D eigenvalue weighted by molar-refractivity contribution is 5.90. The summed E-state index contributed by atoms with van der Waals surface area (Å²) in [4.78, 5) is 25.4. The van der Waals surface area contributed by atoms with E-state index in [1.54, 1.807) is 34.7 Å². The van der Waals surface area contributed by atoms with Gasteiger partial charge in [-0.3, -0.25) is 0 Å². The normalized spacial score (nSPS) is 20.0. The van der Waals surface area contributed by atoms with Crippen LogP contribution in [-0.2, 0) is 15.7 Å². The molecule has 9 heteroatoms. The van der Waals surface area contributed by atoms with Crippen LogP contribution in [0.15, 0.2) is 18.2 Å². The summed E-state index contributed by atoms with van der Waals surface area (Å²) in [7, 11) is 2.83. The number of amides is 1. The first-order valence-corrected chi connectivity index (χ1v) is 9.75. The number of halogens is 3. The number of carbonyl (C=O) groups excluding carboxylic acids is 2. The van der Waals surface area contributed by atoms with Crippen molar-refractivity contribution in [1.82, 2.24) is 4.90 Å². The van der Waals surface area contributed by atoms with Gasteiger partial charge < -0.3 is 19.7 Å². The first-order valence-electron chi connectivity index (χ1n) is 9.75. The quantitative estimate of drug-likeness (QED) is 0.671. The van der Waals surface area contributed by atoms with Crippen molar-refractivity contribution in [2.24, 2.45) is 5.92 Å². The van der Waals surface area contributed by atoms with E-state index in [1.165, 1.54) is 12.0 Å². The van der Waals surface area contributed by atoms with Crippen LogP contribution in [-0.4, -0.2) is 48.8 Å². The summed E-state index contributed by atoms with van der Waals surface area (Å²) < 4.78 is 50.1. The summed E-state index contributed by atoms with van der Waals surface area (Å²) in [5, 5.41) is 2.90. The minimum atomic E-state index is -4.56. The van der Waals surface area contributed by atoms with Crippen LogP contribution >= 0.6 is 0 Å². The van der Waals surface area contributed by atoms with Gasteiger partial charge in [-0.25, -0.2) is 9.59 Å². The maximum Gasteiger partial charge on any atom is 0.418 e. The topological polar surface area (TPSA) is 67.9 Å². The van der Waals surface area contributed by atoms with Gasteiger partial charge in [0.25, 0.3) is 0 Å². The second kappa shape index (κ2) is 8.73. The van der Waals surface area contributed by atoms with Crippen LogP contribution in [0, 0.1) is 5.92 Å². The molecule has 0 heterocycles. The molecule has 1 amide bonds. The Morgan fingerprint density at radius 1 is 1.20 bits per heavy atom. The monoisotopic (exact) mass is 430 g/mol. The lowest BCUT2D eigenvalue weighted by molar-refractivity contribution is -0.137. The van der Waals surface area contributed by atoms with Gasteiger partial charge in [-0.05, 0) is 64.7 Å². The van der Waals surface area contributed by atoms with Crippen LogP contribution in [0.2, 0.25) is 0 Å². The van der Waals surface area contributed by atoms with E-state index in [2.05, 4.69) is 10.1 Å². The number of hydrogen-bond donors (Lipinski definition) is 1. The van der Waals surface area contributed by atoms with Gasteiger partial charge in [0.05, 0.1) is 18.2 Å². The molecule has 0 saturated heterocycles. The molecule has 0 aromatic heterocycles. The summed E-state index contributed by atoms with van der Waals surface area (Å²) in [5.74, 6) is -0.634. The van der Waals surface area contributed by atoms with Gasteiger partial charge in [0.15, 0.2) is 0 Å². The fraction of sp³-hybridized carbons (Fsp3) is 0.619. The molecule has 0 spiro atoms. The van der Waals surface area contributed by atoms with Crippen molar-refractivity contribution in [2.75, 3.05) is 19.5 Å². The van der Waals surface area contributed by atoms with Crippen LogP contribution in [0.1, 0.15) is 56.5 Å². The fourth-order valence-electron chi connectivity index (χ4n) is 3.36. The number of nitrogens with one attached hydrogen (secondary N) is 1. The molecule has 1 aliphatic rings. The van der Waals surface area contributed by atoms with Gasteiger partial charge in [0, 0.05) is 24.8 Å². The lowest BCUT2D eigenvalue weighted by Crippen LogP contribution is -2.50. The van der Waals surface area contributed by atoms with Crippen molar-refractivity contribution in [1.29, 1.82) is 0 Å². The zero-order valence-corrected chi connectivity index (χ0v) is 18.1. The molecule has 168 valence electrons. The largest absolute Gasteiger partial charge is 0.465 e. The molecule has 0 aliphatic heterocycles. The number of methoxy groups -OCH3 is 1. The molecule has 1 fully saturated rings. The summed E-state index contributed by atoms with van der Waals surface area (Å²) in [6.45, 7) is 7.15. The number of carbonyl (C=O) groups is 2. The van der Waals surface area contributed by atoms with E-state index in [4.69, 9.17) is 4.74 Å². The molecule has 1 atom stereocenters. The smallest absolute Gasteiger partial charge is 0.418 e. The highest BCUT2D eigenvalue weighted by Gasteiger charge is 2.40. The Bertz CT molecular complexity index is 783. The third-order valence-corrected chi connectivity index (χ3v) is 5.22. The predicted molar refractivity (Wildman–Crippen MR) is 106 cm³/mol. The first kappa shape index (κ1) is 23.8. The van der Waals surface area contributed by atoms with Gasteiger partial charge in [-0.2, -0.15) is 13.2 Å². The van der Waals surface area contributed by atoms with E-state index >= 15 is 0 Å². The standard InChI is InChI=1S/C21H29F3N2O4/c1-12(14-9-15(10-14)26(5)19(28)30-20(2,3)4)25-17-11-13(18(27)29-6)7-8-16(17)21(22,23)24/h7-8,11-12,14-15,25H,9-10H2,1-6H3/t12-,14?,15?/m0/s1. The molecule has 30 heavy (non-hydrogen) atoms. The zero-order valence-electron chi connectivity index (χ0n) is 18.1. The van der Waals surface area contributed by atoms with Gasteiger partial charge in [0.1, 0.15) is 5.60 Å². The molecule has 1 aromatic rings. The number of benzene rings is 1. The Labute approximate surface area is 174 Å². The van der Waals surface area contributed by atoms with E-state index in [9.17, 15) is 22.8 Å². The second-order valence-electron chi connectivity index (χ2n) is 8.66. The summed E-state index contributed by atoms with van der Waals surface area (Å²) in [6.07, 6.45) is -3.70. The average molecular weight is 430 g/mol. The lowest BCUT2D eigenvalue weighted by Gasteiger charge is -2.44. The second-order valence-corrected chi connectivity index (χ2v) is 8.66. The van der Waals surface area contributed by atoms with Gasteiger partial charge in [-0.15, -0.1) is 0 Å². The highest BCUT2D eigenvalue weighted by atomic mass is 19.4. The molecular weight excluding hydrogens is 401 g/mol. The van der Waals surface area contributed by atoms with E-state index in [0.717, 1.165) is 18.2 Å². The van der Waals surface area contributed by atoms with Crippen LogP contribution in [0.4, 0.5) is 23.7 Å². The van der Waals surface area contributed by atoms with Crippen LogP contribution in [0.3, 0.4) is 0 Å². The summed E-state index contributed by atoms with van der Waals surface area (Å²) in [6, 6.07) is 2.81.